The molecule has 0 fully saturated rings. The number of aromatic nitrogens is 1. The molecule has 112 valence electrons. The fraction of sp³-hybridized carbons (Fsp3) is 0.143. The van der Waals surface area contributed by atoms with Crippen LogP contribution in [0.1, 0.15) is 29.0 Å². The van der Waals surface area contributed by atoms with Crippen molar-refractivity contribution in [3.05, 3.63) is 64.9 Å². The molecule has 0 aliphatic rings. The Balaban J connectivity index is 0.00000242. The van der Waals surface area contributed by atoms with Crippen LogP contribution in [0.4, 0.5) is 0 Å². The summed E-state index contributed by atoms with van der Waals surface area (Å²) in [6.07, 6.45) is 2.42. The summed E-state index contributed by atoms with van der Waals surface area (Å²) in [5, 5.41) is -0.862. The minimum Gasteiger partial charge on any atom is -1.00 e. The first kappa shape index (κ1) is 19.3. The van der Waals surface area contributed by atoms with Gasteiger partial charge in [-0.15, -0.1) is 0 Å². The molecule has 1 aromatic carbocycles. The maximum atomic E-state index is 12.1. The van der Waals surface area contributed by atoms with Crippen molar-refractivity contribution in [1.29, 1.82) is 0 Å². The smallest absolute Gasteiger partial charge is 1.00 e. The van der Waals surface area contributed by atoms with Crippen LogP contribution in [0.2, 0.25) is 5.02 Å². The first-order chi connectivity index (χ1) is 9.88. The Hall–Kier alpha value is -0.760. The van der Waals surface area contributed by atoms with Crippen molar-refractivity contribution in [2.45, 2.75) is 11.7 Å². The molecule has 1 atom stereocenters. The van der Waals surface area contributed by atoms with Crippen LogP contribution in [-0.4, -0.2) is 23.7 Å². The monoisotopic (exact) mass is 349 g/mol. The zero-order valence-corrected chi connectivity index (χ0v) is 15.4. The van der Waals surface area contributed by atoms with E-state index in [0.29, 0.717) is 10.6 Å². The molecule has 0 bridgehead atoms. The number of rotatable bonds is 5. The van der Waals surface area contributed by atoms with E-state index in [1.165, 1.54) is 30.6 Å². The predicted octanol–water partition coefficient (Wildman–Crippen LogP) is 0.0534. The van der Waals surface area contributed by atoms with E-state index in [0.717, 1.165) is 0 Å². The van der Waals surface area contributed by atoms with Gasteiger partial charge < -0.3 is 1.43 Å². The number of benzene rings is 1. The maximum Gasteiger partial charge on any atom is 1.00 e. The zero-order valence-electron chi connectivity index (χ0n) is 12.8. The third kappa shape index (κ3) is 5.15. The summed E-state index contributed by atoms with van der Waals surface area (Å²) in [7, 11) is -4.42. The van der Waals surface area contributed by atoms with Crippen molar-refractivity contribution < 1.29 is 48.7 Å². The van der Waals surface area contributed by atoms with Crippen molar-refractivity contribution in [3.8, 4) is 0 Å². The molecule has 0 aliphatic carbocycles. The Morgan fingerprint density at radius 2 is 1.91 bits per heavy atom. The van der Waals surface area contributed by atoms with E-state index in [9.17, 15) is 17.8 Å². The molecule has 0 radical (unpaired) electrons. The summed E-state index contributed by atoms with van der Waals surface area (Å²) in [5.41, 5.74) is 0.597. The molecule has 0 aliphatic heterocycles. The molecular formula is C14H13ClNNaO4S. The molecule has 0 spiro atoms. The number of pyridine rings is 1. The van der Waals surface area contributed by atoms with Crippen molar-refractivity contribution in [2.24, 2.45) is 0 Å². The Morgan fingerprint density at radius 1 is 1.27 bits per heavy atom. The van der Waals surface area contributed by atoms with Gasteiger partial charge in [-0.1, -0.05) is 17.7 Å². The summed E-state index contributed by atoms with van der Waals surface area (Å²) in [4.78, 5) is 16.0. The maximum absolute atomic E-state index is 12.1. The molecule has 1 aromatic heterocycles. The van der Waals surface area contributed by atoms with E-state index in [-0.39, 0.29) is 43.0 Å². The van der Waals surface area contributed by atoms with Gasteiger partial charge >= 0.3 is 29.6 Å². The average molecular weight is 350 g/mol. The third-order valence-corrected chi connectivity index (χ3v) is 4.36. The van der Waals surface area contributed by atoms with E-state index in [1.807, 2.05) is 0 Å². The van der Waals surface area contributed by atoms with E-state index in [2.05, 4.69) is 4.98 Å². The van der Waals surface area contributed by atoms with Gasteiger partial charge in [-0.25, -0.2) is 0 Å². The van der Waals surface area contributed by atoms with Gasteiger partial charge in [-0.05, 0) is 35.9 Å². The normalized spacial score (nSPS) is 12.3. The molecule has 1 unspecified atom stereocenters. The number of ketones is 1. The predicted molar refractivity (Wildman–Crippen MR) is 80.0 cm³/mol. The van der Waals surface area contributed by atoms with Crippen molar-refractivity contribution in [1.82, 2.24) is 4.98 Å². The van der Waals surface area contributed by atoms with Gasteiger partial charge in [-0.2, -0.15) is 8.42 Å². The second kappa shape index (κ2) is 8.19. The largest absolute Gasteiger partial charge is 1.00 e. The molecule has 0 amide bonds. The van der Waals surface area contributed by atoms with Gasteiger partial charge in [0.1, 0.15) is 5.25 Å². The molecule has 1 heterocycles. The Bertz CT molecular complexity index is 741. The summed E-state index contributed by atoms with van der Waals surface area (Å²) in [6.45, 7) is 0. The number of nitrogens with zero attached hydrogens (tertiary/aromatic N) is 1. The molecule has 22 heavy (non-hydrogen) atoms. The summed E-state index contributed by atoms with van der Waals surface area (Å²) < 4.78 is 32.4. The van der Waals surface area contributed by atoms with Gasteiger partial charge in [0.25, 0.3) is 10.1 Å². The molecule has 2 aromatic rings. The van der Waals surface area contributed by atoms with Crippen LogP contribution in [-0.2, 0) is 10.1 Å². The SMILES string of the molecule is O=C(CC(c1cccnc1)S(=O)(=O)O)c1ccc(Cl)cc1.[H-].[Na+]. The van der Waals surface area contributed by atoms with Gasteiger partial charge in [0.05, 0.1) is 0 Å². The minimum absolute atomic E-state index is 0. The number of Topliss-reactive ketones (excluding diaryl/α,β-unsaturated/α-hetero) is 1. The average Bonchev–Trinajstić information content (AvgIpc) is 2.45. The van der Waals surface area contributed by atoms with E-state index in [4.69, 9.17) is 11.6 Å². The minimum atomic E-state index is -4.42. The number of hydrogen-bond acceptors (Lipinski definition) is 4. The van der Waals surface area contributed by atoms with E-state index in [1.54, 1.807) is 18.2 Å². The van der Waals surface area contributed by atoms with Crippen LogP contribution in [0.15, 0.2) is 48.8 Å². The van der Waals surface area contributed by atoms with Crippen molar-refractivity contribution in [2.75, 3.05) is 0 Å². The standard InChI is InChI=1S/C14H12ClNO4S.Na.H/c15-12-5-3-10(4-6-12)13(17)8-14(21(18,19)20)11-2-1-7-16-9-11;;/h1-7,9,14H,8H2,(H,18,19,20);;/q;+1;-1. The Kier molecular flexibility index (Phi) is 7.18. The zero-order chi connectivity index (χ0) is 15.5. The number of carbonyl (C=O) groups excluding carboxylic acids is 1. The van der Waals surface area contributed by atoms with Crippen LogP contribution >= 0.6 is 11.6 Å². The van der Waals surface area contributed by atoms with Gasteiger partial charge in [0, 0.05) is 29.4 Å². The van der Waals surface area contributed by atoms with Crippen LogP contribution in [0.5, 0.6) is 0 Å². The molecule has 0 saturated carbocycles. The molecule has 8 heteroatoms. The van der Waals surface area contributed by atoms with Gasteiger partial charge in [-0.3, -0.25) is 14.3 Å². The Morgan fingerprint density at radius 3 is 2.41 bits per heavy atom. The summed E-state index contributed by atoms with van der Waals surface area (Å²) >= 11 is 5.74. The molecule has 0 saturated heterocycles. The third-order valence-electron chi connectivity index (χ3n) is 2.95. The topological polar surface area (TPSA) is 84.3 Å². The van der Waals surface area contributed by atoms with Crippen LogP contribution in [0.3, 0.4) is 0 Å². The number of hydrogen-bond donors (Lipinski definition) is 1. The fourth-order valence-corrected chi connectivity index (χ4v) is 2.85. The van der Waals surface area contributed by atoms with Crippen LogP contribution < -0.4 is 29.6 Å². The summed E-state index contributed by atoms with van der Waals surface area (Å²) in [6, 6.07) is 9.15. The van der Waals surface area contributed by atoms with Crippen molar-refractivity contribution >= 4 is 27.5 Å². The second-order valence-corrected chi connectivity index (χ2v) is 6.46. The van der Waals surface area contributed by atoms with E-state index >= 15 is 0 Å². The first-order valence-corrected chi connectivity index (χ1v) is 7.91. The van der Waals surface area contributed by atoms with Crippen molar-refractivity contribution in [3.63, 3.8) is 0 Å². The molecule has 2 rings (SSSR count). The number of halogens is 1. The van der Waals surface area contributed by atoms with E-state index < -0.39 is 21.2 Å². The fourth-order valence-electron chi connectivity index (χ4n) is 1.88. The summed E-state index contributed by atoms with van der Waals surface area (Å²) in [5.74, 6) is -0.404. The molecular weight excluding hydrogens is 337 g/mol. The van der Waals surface area contributed by atoms with Gasteiger partial charge in [0.2, 0.25) is 0 Å². The second-order valence-electron chi connectivity index (χ2n) is 4.42. The number of carbonyl (C=O) groups is 1. The van der Waals surface area contributed by atoms with Crippen LogP contribution in [0, 0.1) is 0 Å². The van der Waals surface area contributed by atoms with Crippen LogP contribution in [0.25, 0.3) is 0 Å². The molecule has 5 nitrogen and oxygen atoms in total. The van der Waals surface area contributed by atoms with Gasteiger partial charge in [0.15, 0.2) is 5.78 Å². The Labute approximate surface area is 157 Å². The molecule has 1 N–H and O–H groups in total. The quantitative estimate of drug-likeness (QED) is 0.468. The first-order valence-electron chi connectivity index (χ1n) is 6.03.